The number of hydrogen-bond acceptors (Lipinski definition) is 3. The standard InChI is InChI=1S/C17H16FIN2O3/c1-10-3-4-11(2)15(7-10)24-9-16(22)20-21-17(23)13-6-5-12(18)8-14(13)19/h3-8H,9H2,1-2H3,(H,20,22)(H,21,23). The number of halogens is 2. The second-order valence-electron chi connectivity index (χ2n) is 5.18. The van der Waals surface area contributed by atoms with E-state index in [1.165, 1.54) is 18.2 Å². The molecule has 5 nitrogen and oxygen atoms in total. The van der Waals surface area contributed by atoms with Gasteiger partial charge < -0.3 is 4.74 Å². The molecule has 0 bridgehead atoms. The summed E-state index contributed by atoms with van der Waals surface area (Å²) < 4.78 is 18.9. The summed E-state index contributed by atoms with van der Waals surface area (Å²) in [4.78, 5) is 23.7. The number of carbonyl (C=O) groups excluding carboxylic acids is 2. The van der Waals surface area contributed by atoms with E-state index in [9.17, 15) is 14.0 Å². The number of benzene rings is 2. The molecule has 0 heterocycles. The molecule has 0 aliphatic rings. The second-order valence-corrected chi connectivity index (χ2v) is 6.35. The van der Waals surface area contributed by atoms with Crippen LogP contribution in [0.4, 0.5) is 4.39 Å². The van der Waals surface area contributed by atoms with Crippen LogP contribution in [0.15, 0.2) is 36.4 Å². The van der Waals surface area contributed by atoms with Crippen molar-refractivity contribution in [3.8, 4) is 5.75 Å². The van der Waals surface area contributed by atoms with Gasteiger partial charge in [0.2, 0.25) is 0 Å². The summed E-state index contributed by atoms with van der Waals surface area (Å²) in [5.74, 6) is -0.840. The lowest BCUT2D eigenvalue weighted by atomic mass is 10.1. The first-order valence-electron chi connectivity index (χ1n) is 7.11. The van der Waals surface area contributed by atoms with E-state index in [-0.39, 0.29) is 12.2 Å². The van der Waals surface area contributed by atoms with E-state index in [4.69, 9.17) is 4.74 Å². The number of hydrazine groups is 1. The van der Waals surface area contributed by atoms with Crippen molar-refractivity contribution in [3.63, 3.8) is 0 Å². The van der Waals surface area contributed by atoms with Crippen molar-refractivity contribution in [3.05, 3.63) is 62.5 Å². The van der Waals surface area contributed by atoms with Crippen LogP contribution in [0.1, 0.15) is 21.5 Å². The van der Waals surface area contributed by atoms with E-state index in [1.807, 2.05) is 54.6 Å². The Morgan fingerprint density at radius 3 is 2.58 bits per heavy atom. The Labute approximate surface area is 152 Å². The first-order chi connectivity index (χ1) is 11.4. The van der Waals surface area contributed by atoms with Crippen LogP contribution >= 0.6 is 22.6 Å². The molecular formula is C17H16FIN2O3. The third-order valence-corrected chi connectivity index (χ3v) is 4.09. The molecule has 0 atom stereocenters. The van der Waals surface area contributed by atoms with Crippen LogP contribution < -0.4 is 15.6 Å². The van der Waals surface area contributed by atoms with Gasteiger partial charge in [-0.15, -0.1) is 0 Å². The van der Waals surface area contributed by atoms with E-state index >= 15 is 0 Å². The van der Waals surface area contributed by atoms with Gasteiger partial charge in [-0.2, -0.15) is 0 Å². The monoisotopic (exact) mass is 442 g/mol. The van der Waals surface area contributed by atoms with Crippen LogP contribution in [0.3, 0.4) is 0 Å². The topological polar surface area (TPSA) is 67.4 Å². The molecule has 2 aromatic rings. The fourth-order valence-corrected chi connectivity index (χ4v) is 2.63. The summed E-state index contributed by atoms with van der Waals surface area (Å²) in [7, 11) is 0. The van der Waals surface area contributed by atoms with Crippen molar-refractivity contribution in [2.24, 2.45) is 0 Å². The summed E-state index contributed by atoms with van der Waals surface area (Å²) in [5.41, 5.74) is 6.75. The average molecular weight is 442 g/mol. The normalized spacial score (nSPS) is 10.2. The van der Waals surface area contributed by atoms with Crippen molar-refractivity contribution in [2.75, 3.05) is 6.61 Å². The zero-order valence-corrected chi connectivity index (χ0v) is 15.3. The highest BCUT2D eigenvalue weighted by Crippen LogP contribution is 2.18. The molecule has 24 heavy (non-hydrogen) atoms. The minimum absolute atomic E-state index is 0.231. The molecular weight excluding hydrogens is 426 g/mol. The van der Waals surface area contributed by atoms with Crippen LogP contribution in [0, 0.1) is 23.2 Å². The molecule has 7 heteroatoms. The van der Waals surface area contributed by atoms with Crippen LogP contribution in [0.2, 0.25) is 0 Å². The van der Waals surface area contributed by atoms with Crippen LogP contribution in [-0.4, -0.2) is 18.4 Å². The predicted molar refractivity (Wildman–Crippen MR) is 96.1 cm³/mol. The third-order valence-electron chi connectivity index (χ3n) is 3.19. The zero-order chi connectivity index (χ0) is 17.7. The minimum atomic E-state index is -0.528. The number of carbonyl (C=O) groups is 2. The summed E-state index contributed by atoms with van der Waals surface area (Å²) >= 11 is 1.85. The SMILES string of the molecule is Cc1ccc(C)c(OCC(=O)NNC(=O)c2ccc(F)cc2I)c1. The average Bonchev–Trinajstić information content (AvgIpc) is 2.53. The maximum absolute atomic E-state index is 13.0. The predicted octanol–water partition coefficient (Wildman–Crippen LogP) is 2.89. The highest BCUT2D eigenvalue weighted by molar-refractivity contribution is 14.1. The van der Waals surface area contributed by atoms with Gasteiger partial charge in [0.25, 0.3) is 11.8 Å². The van der Waals surface area contributed by atoms with Crippen molar-refractivity contribution in [1.82, 2.24) is 10.9 Å². The lowest BCUT2D eigenvalue weighted by molar-refractivity contribution is -0.123. The lowest BCUT2D eigenvalue weighted by Crippen LogP contribution is -2.44. The quantitative estimate of drug-likeness (QED) is 0.566. The highest BCUT2D eigenvalue weighted by atomic mass is 127. The molecule has 0 aliphatic carbocycles. The second kappa shape index (κ2) is 8.09. The Morgan fingerprint density at radius 2 is 1.88 bits per heavy atom. The minimum Gasteiger partial charge on any atom is -0.483 e. The molecule has 0 fully saturated rings. The third kappa shape index (κ3) is 4.92. The van der Waals surface area contributed by atoms with Crippen LogP contribution in [0.25, 0.3) is 0 Å². The van der Waals surface area contributed by atoms with Gasteiger partial charge in [-0.25, -0.2) is 4.39 Å². The Bertz CT molecular complexity index is 780. The molecule has 0 saturated carbocycles. The van der Waals surface area contributed by atoms with Gasteiger partial charge in [0.1, 0.15) is 11.6 Å². The number of hydrogen-bond donors (Lipinski definition) is 2. The molecule has 0 aromatic heterocycles. The molecule has 0 saturated heterocycles. The molecule has 2 aromatic carbocycles. The number of rotatable bonds is 4. The fraction of sp³-hybridized carbons (Fsp3) is 0.176. The van der Waals surface area contributed by atoms with Gasteiger partial charge in [0, 0.05) is 3.57 Å². The number of amides is 2. The molecule has 0 spiro atoms. The molecule has 0 aliphatic heterocycles. The van der Waals surface area contributed by atoms with Crippen LogP contribution in [-0.2, 0) is 4.79 Å². The Morgan fingerprint density at radius 1 is 1.12 bits per heavy atom. The van der Waals surface area contributed by atoms with Gasteiger partial charge in [0.15, 0.2) is 6.61 Å². The van der Waals surface area contributed by atoms with E-state index in [0.717, 1.165) is 11.1 Å². The summed E-state index contributed by atoms with van der Waals surface area (Å²) in [6.07, 6.45) is 0. The summed E-state index contributed by atoms with van der Waals surface area (Å²) in [5, 5.41) is 0. The van der Waals surface area contributed by atoms with Crippen molar-refractivity contribution in [2.45, 2.75) is 13.8 Å². The molecule has 2 amide bonds. The fourth-order valence-electron chi connectivity index (χ4n) is 1.91. The van der Waals surface area contributed by atoms with Gasteiger partial charge in [-0.1, -0.05) is 12.1 Å². The van der Waals surface area contributed by atoms with Gasteiger partial charge >= 0.3 is 0 Å². The van der Waals surface area contributed by atoms with Gasteiger partial charge in [-0.05, 0) is 71.8 Å². The zero-order valence-electron chi connectivity index (χ0n) is 13.2. The smallest absolute Gasteiger partial charge is 0.276 e. The Balaban J connectivity index is 1.86. The Hall–Kier alpha value is -2.16. The first kappa shape index (κ1) is 18.2. The highest BCUT2D eigenvalue weighted by Gasteiger charge is 2.12. The van der Waals surface area contributed by atoms with Gasteiger partial charge in [0.05, 0.1) is 5.56 Å². The molecule has 0 unspecified atom stereocenters. The van der Waals surface area contributed by atoms with E-state index < -0.39 is 17.6 Å². The Kier molecular flexibility index (Phi) is 6.13. The van der Waals surface area contributed by atoms with E-state index in [1.54, 1.807) is 0 Å². The van der Waals surface area contributed by atoms with Crippen molar-refractivity contribution < 1.29 is 18.7 Å². The molecule has 2 N–H and O–H groups in total. The first-order valence-corrected chi connectivity index (χ1v) is 8.19. The molecule has 0 radical (unpaired) electrons. The number of aryl methyl sites for hydroxylation is 2. The number of ether oxygens (including phenoxy) is 1. The largest absolute Gasteiger partial charge is 0.483 e. The molecule has 2 rings (SSSR count). The number of nitrogens with one attached hydrogen (secondary N) is 2. The lowest BCUT2D eigenvalue weighted by Gasteiger charge is -2.11. The summed E-state index contributed by atoms with van der Waals surface area (Å²) in [6.45, 7) is 3.58. The molecule has 126 valence electrons. The van der Waals surface area contributed by atoms with Gasteiger partial charge in [-0.3, -0.25) is 20.4 Å². The maximum Gasteiger partial charge on any atom is 0.276 e. The van der Waals surface area contributed by atoms with Crippen molar-refractivity contribution in [1.29, 1.82) is 0 Å². The van der Waals surface area contributed by atoms with Crippen molar-refractivity contribution >= 4 is 34.4 Å². The van der Waals surface area contributed by atoms with E-state index in [0.29, 0.717) is 9.32 Å². The van der Waals surface area contributed by atoms with Crippen LogP contribution in [0.5, 0.6) is 5.75 Å². The maximum atomic E-state index is 13.0. The van der Waals surface area contributed by atoms with E-state index in [2.05, 4.69) is 10.9 Å². The summed E-state index contributed by atoms with van der Waals surface area (Å²) in [6, 6.07) is 9.46.